The molecule has 1 aliphatic rings. The molecule has 0 spiro atoms. The number of anilines is 1. The van der Waals surface area contributed by atoms with E-state index in [0.29, 0.717) is 23.9 Å². The quantitative estimate of drug-likeness (QED) is 0.853. The molecule has 2 N–H and O–H groups in total. The standard InChI is InChI=1S/C18H21N3O3/c1-3-12(2)21-15-7-14(9-19-10-15)18(22)20-8-13-4-5-16-17(6-13)24-11-23-16/h4-7,9-10,12,21H,3,8,11H2,1-2H3,(H,20,22). The monoisotopic (exact) mass is 327 g/mol. The third-order valence-corrected chi connectivity index (χ3v) is 3.92. The van der Waals surface area contributed by atoms with Gasteiger partial charge >= 0.3 is 0 Å². The molecule has 1 aliphatic heterocycles. The molecule has 1 amide bonds. The fourth-order valence-electron chi connectivity index (χ4n) is 2.36. The van der Waals surface area contributed by atoms with Gasteiger partial charge in [-0.3, -0.25) is 9.78 Å². The van der Waals surface area contributed by atoms with E-state index in [1.807, 2.05) is 24.3 Å². The summed E-state index contributed by atoms with van der Waals surface area (Å²) < 4.78 is 10.6. The zero-order valence-electron chi connectivity index (χ0n) is 13.8. The van der Waals surface area contributed by atoms with Gasteiger partial charge in [-0.1, -0.05) is 13.0 Å². The van der Waals surface area contributed by atoms with Crippen molar-refractivity contribution in [2.75, 3.05) is 12.1 Å². The third-order valence-electron chi connectivity index (χ3n) is 3.92. The van der Waals surface area contributed by atoms with Crippen LogP contribution in [0.25, 0.3) is 0 Å². The van der Waals surface area contributed by atoms with Crippen LogP contribution in [0.15, 0.2) is 36.7 Å². The molecule has 24 heavy (non-hydrogen) atoms. The highest BCUT2D eigenvalue weighted by Crippen LogP contribution is 2.32. The van der Waals surface area contributed by atoms with Gasteiger partial charge in [0.15, 0.2) is 11.5 Å². The number of aromatic nitrogens is 1. The number of hydrogen-bond donors (Lipinski definition) is 2. The molecule has 2 aromatic rings. The first-order valence-corrected chi connectivity index (χ1v) is 8.04. The maximum Gasteiger partial charge on any atom is 0.253 e. The second kappa shape index (κ2) is 7.21. The molecule has 0 bridgehead atoms. The summed E-state index contributed by atoms with van der Waals surface area (Å²) in [7, 11) is 0. The van der Waals surface area contributed by atoms with Crippen LogP contribution in [0.4, 0.5) is 5.69 Å². The van der Waals surface area contributed by atoms with Crippen molar-refractivity contribution in [3.8, 4) is 11.5 Å². The molecule has 0 aliphatic carbocycles. The molecule has 1 unspecified atom stereocenters. The SMILES string of the molecule is CCC(C)Nc1cncc(C(=O)NCc2ccc3c(c2)OCO3)c1. The Hall–Kier alpha value is -2.76. The zero-order valence-corrected chi connectivity index (χ0v) is 13.8. The van der Waals surface area contributed by atoms with Crippen LogP contribution < -0.4 is 20.1 Å². The molecule has 0 saturated carbocycles. The molecule has 0 radical (unpaired) electrons. The van der Waals surface area contributed by atoms with Crippen LogP contribution in [0.2, 0.25) is 0 Å². The van der Waals surface area contributed by atoms with Crippen molar-refractivity contribution in [2.45, 2.75) is 32.9 Å². The summed E-state index contributed by atoms with van der Waals surface area (Å²) in [6.07, 6.45) is 4.29. The van der Waals surface area contributed by atoms with Gasteiger partial charge in [-0.15, -0.1) is 0 Å². The van der Waals surface area contributed by atoms with E-state index in [9.17, 15) is 4.79 Å². The highest BCUT2D eigenvalue weighted by Gasteiger charge is 2.14. The minimum Gasteiger partial charge on any atom is -0.454 e. The average molecular weight is 327 g/mol. The maximum atomic E-state index is 12.3. The first-order chi connectivity index (χ1) is 11.7. The van der Waals surface area contributed by atoms with Gasteiger partial charge in [0.05, 0.1) is 11.3 Å². The second-order valence-corrected chi connectivity index (χ2v) is 5.79. The smallest absolute Gasteiger partial charge is 0.253 e. The van der Waals surface area contributed by atoms with Crippen molar-refractivity contribution in [3.05, 3.63) is 47.8 Å². The lowest BCUT2D eigenvalue weighted by Crippen LogP contribution is -2.23. The molecule has 6 nitrogen and oxygen atoms in total. The van der Waals surface area contributed by atoms with Crippen LogP contribution in [0.1, 0.15) is 36.2 Å². The number of rotatable bonds is 6. The Kier molecular flexibility index (Phi) is 4.84. The highest BCUT2D eigenvalue weighted by molar-refractivity contribution is 5.94. The third kappa shape index (κ3) is 3.76. The first kappa shape index (κ1) is 16.1. The van der Waals surface area contributed by atoms with Gasteiger partial charge in [0, 0.05) is 25.0 Å². The number of pyridine rings is 1. The highest BCUT2D eigenvalue weighted by atomic mass is 16.7. The number of amides is 1. The van der Waals surface area contributed by atoms with E-state index in [1.165, 1.54) is 0 Å². The minimum absolute atomic E-state index is 0.159. The zero-order chi connectivity index (χ0) is 16.9. The van der Waals surface area contributed by atoms with Crippen LogP contribution in [-0.4, -0.2) is 23.7 Å². The van der Waals surface area contributed by atoms with Gasteiger partial charge in [0.25, 0.3) is 5.91 Å². The number of hydrogen-bond acceptors (Lipinski definition) is 5. The Morgan fingerprint density at radius 2 is 2.08 bits per heavy atom. The van der Waals surface area contributed by atoms with E-state index in [4.69, 9.17) is 9.47 Å². The number of fused-ring (bicyclic) bond motifs is 1. The topological polar surface area (TPSA) is 72.5 Å². The summed E-state index contributed by atoms with van der Waals surface area (Å²) in [4.78, 5) is 16.5. The Labute approximate surface area is 141 Å². The number of ether oxygens (including phenoxy) is 2. The molecule has 0 saturated heterocycles. The van der Waals surface area contributed by atoms with Crippen molar-refractivity contribution in [3.63, 3.8) is 0 Å². The van der Waals surface area contributed by atoms with E-state index < -0.39 is 0 Å². The van der Waals surface area contributed by atoms with Gasteiger partial charge in [0.2, 0.25) is 6.79 Å². The summed E-state index contributed by atoms with van der Waals surface area (Å²) in [5.41, 5.74) is 2.33. The van der Waals surface area contributed by atoms with Gasteiger partial charge in [-0.05, 0) is 37.1 Å². The lowest BCUT2D eigenvalue weighted by molar-refractivity contribution is 0.0950. The Bertz CT molecular complexity index is 733. The molecule has 1 aromatic carbocycles. The summed E-state index contributed by atoms with van der Waals surface area (Å²) >= 11 is 0. The van der Waals surface area contributed by atoms with Crippen molar-refractivity contribution in [1.29, 1.82) is 0 Å². The van der Waals surface area contributed by atoms with Crippen molar-refractivity contribution < 1.29 is 14.3 Å². The predicted octanol–water partition coefficient (Wildman–Crippen LogP) is 2.95. The maximum absolute atomic E-state index is 12.3. The number of carbonyl (C=O) groups excluding carboxylic acids is 1. The summed E-state index contributed by atoms with van der Waals surface area (Å²) in [5, 5.41) is 6.21. The number of carbonyl (C=O) groups is 1. The first-order valence-electron chi connectivity index (χ1n) is 8.04. The van der Waals surface area contributed by atoms with Crippen LogP contribution in [0.3, 0.4) is 0 Å². The van der Waals surface area contributed by atoms with Crippen molar-refractivity contribution >= 4 is 11.6 Å². The van der Waals surface area contributed by atoms with Crippen molar-refractivity contribution in [1.82, 2.24) is 10.3 Å². The molecule has 1 atom stereocenters. The van der Waals surface area contributed by atoms with E-state index in [-0.39, 0.29) is 12.7 Å². The van der Waals surface area contributed by atoms with Crippen LogP contribution in [0, 0.1) is 0 Å². The second-order valence-electron chi connectivity index (χ2n) is 5.79. The number of benzene rings is 1. The number of nitrogens with zero attached hydrogens (tertiary/aromatic N) is 1. The molecule has 3 rings (SSSR count). The van der Waals surface area contributed by atoms with E-state index in [0.717, 1.165) is 23.4 Å². The van der Waals surface area contributed by atoms with Crippen molar-refractivity contribution in [2.24, 2.45) is 0 Å². The lowest BCUT2D eigenvalue weighted by Gasteiger charge is -2.13. The van der Waals surface area contributed by atoms with Gasteiger partial charge in [0.1, 0.15) is 0 Å². The molecule has 2 heterocycles. The Morgan fingerprint density at radius 1 is 1.25 bits per heavy atom. The average Bonchev–Trinajstić information content (AvgIpc) is 3.07. The normalized spacial score (nSPS) is 13.4. The fraction of sp³-hybridized carbons (Fsp3) is 0.333. The molecular formula is C18H21N3O3. The van der Waals surface area contributed by atoms with Gasteiger partial charge < -0.3 is 20.1 Å². The van der Waals surface area contributed by atoms with Gasteiger partial charge in [-0.2, -0.15) is 0 Å². The molecule has 6 heteroatoms. The molecule has 0 fully saturated rings. The van der Waals surface area contributed by atoms with Crippen LogP contribution in [0.5, 0.6) is 11.5 Å². The predicted molar refractivity (Wildman–Crippen MR) is 91.3 cm³/mol. The summed E-state index contributed by atoms with van der Waals surface area (Å²) in [6, 6.07) is 7.78. The molecular weight excluding hydrogens is 306 g/mol. The lowest BCUT2D eigenvalue weighted by atomic mass is 10.2. The largest absolute Gasteiger partial charge is 0.454 e. The van der Waals surface area contributed by atoms with E-state index >= 15 is 0 Å². The molecule has 1 aromatic heterocycles. The van der Waals surface area contributed by atoms with Crippen LogP contribution in [-0.2, 0) is 6.54 Å². The summed E-state index contributed by atoms with van der Waals surface area (Å²) in [5.74, 6) is 1.29. The van der Waals surface area contributed by atoms with Crippen LogP contribution >= 0.6 is 0 Å². The fourth-order valence-corrected chi connectivity index (χ4v) is 2.36. The van der Waals surface area contributed by atoms with Gasteiger partial charge in [-0.25, -0.2) is 0 Å². The summed E-state index contributed by atoms with van der Waals surface area (Å²) in [6.45, 7) is 4.85. The number of nitrogens with one attached hydrogen (secondary N) is 2. The molecule has 126 valence electrons. The Morgan fingerprint density at radius 3 is 2.92 bits per heavy atom. The van der Waals surface area contributed by atoms with E-state index in [1.54, 1.807) is 12.4 Å². The Balaban J connectivity index is 1.61. The van der Waals surface area contributed by atoms with E-state index in [2.05, 4.69) is 29.5 Å². The minimum atomic E-state index is -0.159.